The Morgan fingerprint density at radius 1 is 1.20 bits per heavy atom. The third-order valence-electron chi connectivity index (χ3n) is 3.46. The molecular formula is C19H20Cl2N2O2. The van der Waals surface area contributed by atoms with Crippen LogP contribution in [0.25, 0.3) is 0 Å². The number of nitrogens with zero attached hydrogens (tertiary/aromatic N) is 1. The van der Waals surface area contributed by atoms with Gasteiger partial charge in [-0.05, 0) is 49.6 Å². The first-order valence-electron chi connectivity index (χ1n) is 8.07. The minimum Gasteiger partial charge on any atom is -0.494 e. The molecule has 0 saturated carbocycles. The van der Waals surface area contributed by atoms with Crippen molar-refractivity contribution in [3.8, 4) is 5.75 Å². The lowest BCUT2D eigenvalue weighted by molar-refractivity contribution is -0.121. The normalized spacial score (nSPS) is 10.8. The molecule has 0 aliphatic rings. The fourth-order valence-electron chi connectivity index (χ4n) is 2.21. The fraction of sp³-hybridized carbons (Fsp3) is 0.263. The van der Waals surface area contributed by atoms with E-state index in [-0.39, 0.29) is 5.91 Å². The third kappa shape index (κ3) is 6.77. The topological polar surface area (TPSA) is 50.7 Å². The van der Waals surface area contributed by atoms with E-state index in [0.29, 0.717) is 28.6 Å². The molecule has 2 rings (SSSR count). The molecule has 132 valence electrons. The lowest BCUT2D eigenvalue weighted by Gasteiger charge is -2.05. The zero-order valence-electron chi connectivity index (χ0n) is 14.0. The van der Waals surface area contributed by atoms with Gasteiger partial charge < -0.3 is 4.74 Å². The van der Waals surface area contributed by atoms with E-state index in [1.165, 1.54) is 11.8 Å². The van der Waals surface area contributed by atoms with E-state index in [1.54, 1.807) is 18.2 Å². The number of carbonyl (C=O) groups excluding carboxylic acids is 1. The van der Waals surface area contributed by atoms with Crippen molar-refractivity contribution in [1.82, 2.24) is 5.43 Å². The number of aryl methyl sites for hydroxylation is 1. The molecule has 0 fully saturated rings. The number of hydrogen-bond donors (Lipinski definition) is 1. The first kappa shape index (κ1) is 19.3. The van der Waals surface area contributed by atoms with Gasteiger partial charge in [0.2, 0.25) is 5.91 Å². The Bertz CT molecular complexity index is 731. The lowest BCUT2D eigenvalue weighted by Crippen LogP contribution is -2.17. The number of hydrogen-bond acceptors (Lipinski definition) is 3. The highest BCUT2D eigenvalue weighted by molar-refractivity contribution is 6.36. The molecule has 0 radical (unpaired) electrons. The zero-order chi connectivity index (χ0) is 18.1. The Morgan fingerprint density at radius 2 is 1.96 bits per heavy atom. The van der Waals surface area contributed by atoms with Gasteiger partial charge in [0, 0.05) is 17.0 Å². The van der Waals surface area contributed by atoms with Crippen molar-refractivity contribution in [2.24, 2.45) is 5.10 Å². The number of rotatable bonds is 8. The summed E-state index contributed by atoms with van der Waals surface area (Å²) < 4.78 is 5.40. The predicted molar refractivity (Wildman–Crippen MR) is 103 cm³/mol. The van der Waals surface area contributed by atoms with Gasteiger partial charge in [-0.15, -0.1) is 0 Å². The summed E-state index contributed by atoms with van der Waals surface area (Å²) >= 11 is 11.9. The molecule has 0 bridgehead atoms. The minimum absolute atomic E-state index is 0.132. The van der Waals surface area contributed by atoms with Crippen molar-refractivity contribution in [3.63, 3.8) is 0 Å². The van der Waals surface area contributed by atoms with Crippen LogP contribution in [-0.2, 0) is 11.2 Å². The van der Waals surface area contributed by atoms with Crippen LogP contribution < -0.4 is 10.2 Å². The van der Waals surface area contributed by atoms with Crippen molar-refractivity contribution < 1.29 is 9.53 Å². The van der Waals surface area contributed by atoms with Gasteiger partial charge in [-0.3, -0.25) is 4.79 Å². The Balaban J connectivity index is 1.72. The minimum atomic E-state index is -0.132. The van der Waals surface area contributed by atoms with Gasteiger partial charge in [-0.1, -0.05) is 41.4 Å². The van der Waals surface area contributed by atoms with Gasteiger partial charge in [0.25, 0.3) is 0 Å². The van der Waals surface area contributed by atoms with E-state index in [9.17, 15) is 4.79 Å². The van der Waals surface area contributed by atoms with Crippen LogP contribution in [0.2, 0.25) is 10.0 Å². The van der Waals surface area contributed by atoms with Gasteiger partial charge in [0.15, 0.2) is 0 Å². The maximum atomic E-state index is 11.8. The molecule has 0 spiro atoms. The molecular weight excluding hydrogens is 359 g/mol. The van der Waals surface area contributed by atoms with E-state index >= 15 is 0 Å². The van der Waals surface area contributed by atoms with Crippen LogP contribution in [0, 0.1) is 0 Å². The van der Waals surface area contributed by atoms with Crippen LogP contribution in [0.4, 0.5) is 0 Å². The number of amides is 1. The second-order valence-corrected chi connectivity index (χ2v) is 6.23. The van der Waals surface area contributed by atoms with Crippen molar-refractivity contribution >= 4 is 35.3 Å². The molecule has 0 heterocycles. The number of ether oxygens (including phenoxy) is 1. The molecule has 0 aromatic heterocycles. The fourth-order valence-corrected chi connectivity index (χ4v) is 2.67. The smallest absolute Gasteiger partial charge is 0.240 e. The zero-order valence-corrected chi connectivity index (χ0v) is 15.5. The second kappa shape index (κ2) is 10.1. The molecule has 2 aromatic carbocycles. The van der Waals surface area contributed by atoms with E-state index in [0.717, 1.165) is 18.6 Å². The number of benzene rings is 2. The molecule has 0 unspecified atom stereocenters. The Morgan fingerprint density at radius 3 is 2.64 bits per heavy atom. The van der Waals surface area contributed by atoms with Gasteiger partial charge in [0.1, 0.15) is 5.75 Å². The molecule has 1 N–H and O–H groups in total. The van der Waals surface area contributed by atoms with Crippen molar-refractivity contribution in [1.29, 1.82) is 0 Å². The highest BCUT2D eigenvalue weighted by Gasteiger charge is 2.02. The van der Waals surface area contributed by atoms with Crippen LogP contribution in [0.15, 0.2) is 47.6 Å². The van der Waals surface area contributed by atoms with Crippen molar-refractivity contribution in [3.05, 3.63) is 63.6 Å². The van der Waals surface area contributed by atoms with Gasteiger partial charge >= 0.3 is 0 Å². The highest BCUT2D eigenvalue weighted by Crippen LogP contribution is 2.19. The van der Waals surface area contributed by atoms with E-state index in [2.05, 4.69) is 10.5 Å². The number of halogens is 2. The van der Waals surface area contributed by atoms with E-state index < -0.39 is 0 Å². The first-order chi connectivity index (χ1) is 12.1. The average molecular weight is 379 g/mol. The number of nitrogens with one attached hydrogen (secondary N) is 1. The molecule has 0 atom stereocenters. The largest absolute Gasteiger partial charge is 0.494 e. The van der Waals surface area contributed by atoms with Crippen LogP contribution in [0.1, 0.15) is 30.9 Å². The van der Waals surface area contributed by atoms with Crippen molar-refractivity contribution in [2.75, 3.05) is 6.61 Å². The molecule has 0 saturated heterocycles. The van der Waals surface area contributed by atoms with Crippen LogP contribution >= 0.6 is 23.2 Å². The maximum Gasteiger partial charge on any atom is 0.240 e. The summed E-state index contributed by atoms with van der Waals surface area (Å²) in [5, 5.41) is 4.96. The SMILES string of the molecule is CCOc1ccc(CCCC(=O)N/N=C\c2ccc(Cl)cc2Cl)cc1. The third-order valence-corrected chi connectivity index (χ3v) is 4.02. The number of hydrazone groups is 1. The first-order valence-corrected chi connectivity index (χ1v) is 8.82. The van der Waals surface area contributed by atoms with E-state index in [4.69, 9.17) is 27.9 Å². The summed E-state index contributed by atoms with van der Waals surface area (Å²) in [5.41, 5.74) is 4.37. The molecule has 25 heavy (non-hydrogen) atoms. The Labute approximate surface area is 157 Å². The summed E-state index contributed by atoms with van der Waals surface area (Å²) in [6, 6.07) is 13.0. The maximum absolute atomic E-state index is 11.8. The van der Waals surface area contributed by atoms with Gasteiger partial charge in [-0.25, -0.2) is 5.43 Å². The summed E-state index contributed by atoms with van der Waals surface area (Å²) in [5.74, 6) is 0.728. The van der Waals surface area contributed by atoms with E-state index in [1.807, 2.05) is 31.2 Å². The Kier molecular flexibility index (Phi) is 7.76. The van der Waals surface area contributed by atoms with Gasteiger partial charge in [-0.2, -0.15) is 5.10 Å². The number of carbonyl (C=O) groups is 1. The molecule has 0 aliphatic heterocycles. The average Bonchev–Trinajstić information content (AvgIpc) is 2.59. The lowest BCUT2D eigenvalue weighted by atomic mass is 10.1. The van der Waals surface area contributed by atoms with Crippen molar-refractivity contribution in [2.45, 2.75) is 26.2 Å². The summed E-state index contributed by atoms with van der Waals surface area (Å²) in [6.45, 7) is 2.61. The highest BCUT2D eigenvalue weighted by atomic mass is 35.5. The van der Waals surface area contributed by atoms with Crippen LogP contribution in [-0.4, -0.2) is 18.7 Å². The second-order valence-electron chi connectivity index (χ2n) is 5.39. The Hall–Kier alpha value is -2.04. The predicted octanol–water partition coefficient (Wildman–Crippen LogP) is 4.87. The quantitative estimate of drug-likeness (QED) is 0.526. The summed E-state index contributed by atoms with van der Waals surface area (Å²) in [6.07, 6.45) is 3.48. The van der Waals surface area contributed by atoms with Crippen LogP contribution in [0.3, 0.4) is 0 Å². The van der Waals surface area contributed by atoms with Gasteiger partial charge in [0.05, 0.1) is 17.8 Å². The monoisotopic (exact) mass is 378 g/mol. The molecule has 6 heteroatoms. The molecule has 4 nitrogen and oxygen atoms in total. The molecule has 2 aromatic rings. The van der Waals surface area contributed by atoms with Crippen LogP contribution in [0.5, 0.6) is 5.75 Å². The summed E-state index contributed by atoms with van der Waals surface area (Å²) in [7, 11) is 0. The summed E-state index contributed by atoms with van der Waals surface area (Å²) in [4.78, 5) is 11.8. The molecule has 1 amide bonds. The molecule has 0 aliphatic carbocycles. The standard InChI is InChI=1S/C19H20Cl2N2O2/c1-2-25-17-10-6-14(7-11-17)4-3-5-19(24)23-22-13-15-8-9-16(20)12-18(15)21/h6-13H,2-5H2,1H3,(H,23,24)/b22-13-.